The first-order valence-corrected chi connectivity index (χ1v) is 7.27. The van der Waals surface area contributed by atoms with E-state index in [1.165, 1.54) is 7.11 Å². The maximum atomic E-state index is 11.6. The van der Waals surface area contributed by atoms with Crippen molar-refractivity contribution in [2.45, 2.75) is 32.1 Å². The predicted octanol–water partition coefficient (Wildman–Crippen LogP) is 2.94. The van der Waals surface area contributed by atoms with E-state index >= 15 is 0 Å². The number of ether oxygens (including phenoxy) is 1. The normalized spacial score (nSPS) is 10.5. The number of unbranched alkanes of at least 4 members (excludes halogenated alkanes) is 2. The number of carbonyl (C=O) groups is 2. The topological polar surface area (TPSA) is 55.4 Å². The summed E-state index contributed by atoms with van der Waals surface area (Å²) in [5.74, 6) is -0.153. The van der Waals surface area contributed by atoms with E-state index < -0.39 is 0 Å². The number of carbonyl (C=O) groups excluding carboxylic acids is 2. The molecule has 0 bridgehead atoms. The predicted molar refractivity (Wildman–Crippen MR) is 83.6 cm³/mol. The second-order valence-corrected chi connectivity index (χ2v) is 4.75. The van der Waals surface area contributed by atoms with Crippen LogP contribution in [0.25, 0.3) is 6.08 Å². The number of methoxy groups -OCH3 is 1. The highest BCUT2D eigenvalue weighted by Crippen LogP contribution is 2.02. The lowest BCUT2D eigenvalue weighted by Crippen LogP contribution is -2.23. The van der Waals surface area contributed by atoms with Crippen molar-refractivity contribution < 1.29 is 14.3 Å². The Kier molecular flexibility index (Phi) is 8.61. The third kappa shape index (κ3) is 8.63. The first kappa shape index (κ1) is 17.0. The van der Waals surface area contributed by atoms with Gasteiger partial charge in [0.25, 0.3) is 0 Å². The molecule has 0 aliphatic heterocycles. The fourth-order valence-electron chi connectivity index (χ4n) is 1.84. The summed E-state index contributed by atoms with van der Waals surface area (Å²) in [5, 5.41) is 2.86. The average molecular weight is 289 g/mol. The molecule has 1 amide bonds. The van der Waals surface area contributed by atoms with Crippen molar-refractivity contribution in [2.75, 3.05) is 13.7 Å². The molecule has 114 valence electrons. The Hall–Kier alpha value is -2.10. The monoisotopic (exact) mass is 289 g/mol. The Morgan fingerprint density at radius 3 is 2.62 bits per heavy atom. The van der Waals surface area contributed by atoms with Crippen LogP contribution in [0.15, 0.2) is 36.4 Å². The molecule has 1 N–H and O–H groups in total. The van der Waals surface area contributed by atoms with Crippen molar-refractivity contribution >= 4 is 18.0 Å². The largest absolute Gasteiger partial charge is 0.469 e. The van der Waals surface area contributed by atoms with Crippen molar-refractivity contribution in [1.82, 2.24) is 5.32 Å². The van der Waals surface area contributed by atoms with Gasteiger partial charge in [0, 0.05) is 19.4 Å². The fraction of sp³-hybridized carbons (Fsp3) is 0.412. The number of hydrogen-bond acceptors (Lipinski definition) is 3. The van der Waals surface area contributed by atoms with Crippen LogP contribution in [0.2, 0.25) is 0 Å². The minimum atomic E-state index is -0.176. The third-order valence-electron chi connectivity index (χ3n) is 3.02. The fourth-order valence-corrected chi connectivity index (χ4v) is 1.84. The molecule has 1 rings (SSSR count). The minimum Gasteiger partial charge on any atom is -0.469 e. The van der Waals surface area contributed by atoms with Gasteiger partial charge in [0.15, 0.2) is 0 Å². The van der Waals surface area contributed by atoms with Gasteiger partial charge in [0.2, 0.25) is 5.91 Å². The number of nitrogens with one attached hydrogen (secondary N) is 1. The number of rotatable bonds is 9. The molecular formula is C17H23NO3. The second kappa shape index (κ2) is 10.7. The molecule has 21 heavy (non-hydrogen) atoms. The molecule has 0 radical (unpaired) electrons. The highest BCUT2D eigenvalue weighted by Gasteiger charge is 2.00. The van der Waals surface area contributed by atoms with E-state index in [2.05, 4.69) is 10.1 Å². The Labute approximate surface area is 126 Å². The van der Waals surface area contributed by atoms with E-state index in [4.69, 9.17) is 0 Å². The zero-order chi connectivity index (χ0) is 15.3. The smallest absolute Gasteiger partial charge is 0.305 e. The molecule has 4 nitrogen and oxygen atoms in total. The Morgan fingerprint density at radius 2 is 1.90 bits per heavy atom. The molecule has 0 saturated heterocycles. The summed E-state index contributed by atoms with van der Waals surface area (Å²) in [6.45, 7) is 0.652. The molecule has 0 atom stereocenters. The van der Waals surface area contributed by atoms with Crippen molar-refractivity contribution in [3.63, 3.8) is 0 Å². The molecule has 0 aliphatic carbocycles. The molecule has 0 heterocycles. The van der Waals surface area contributed by atoms with Gasteiger partial charge in [0.05, 0.1) is 7.11 Å². The van der Waals surface area contributed by atoms with Gasteiger partial charge in [-0.05, 0) is 18.4 Å². The third-order valence-corrected chi connectivity index (χ3v) is 3.02. The van der Waals surface area contributed by atoms with Crippen LogP contribution in [0.3, 0.4) is 0 Å². The lowest BCUT2D eigenvalue weighted by molar-refractivity contribution is -0.140. The highest BCUT2D eigenvalue weighted by molar-refractivity contribution is 5.78. The molecule has 0 unspecified atom stereocenters. The second-order valence-electron chi connectivity index (χ2n) is 4.75. The van der Waals surface area contributed by atoms with Crippen LogP contribution in [0, 0.1) is 0 Å². The van der Waals surface area contributed by atoms with E-state index in [0.29, 0.717) is 19.4 Å². The zero-order valence-corrected chi connectivity index (χ0v) is 12.5. The molecule has 1 aromatic carbocycles. The van der Waals surface area contributed by atoms with Crippen molar-refractivity contribution in [3.05, 3.63) is 42.0 Å². The zero-order valence-electron chi connectivity index (χ0n) is 12.5. The Morgan fingerprint density at radius 1 is 1.14 bits per heavy atom. The number of amides is 1. The summed E-state index contributed by atoms with van der Waals surface area (Å²) in [4.78, 5) is 22.5. The van der Waals surface area contributed by atoms with E-state index in [0.717, 1.165) is 24.8 Å². The van der Waals surface area contributed by atoms with Gasteiger partial charge in [-0.15, -0.1) is 0 Å². The number of hydrogen-bond donors (Lipinski definition) is 1. The molecule has 0 saturated carbocycles. The van der Waals surface area contributed by atoms with Gasteiger partial charge in [-0.1, -0.05) is 48.9 Å². The molecule has 0 aliphatic rings. The van der Waals surface area contributed by atoms with Gasteiger partial charge < -0.3 is 10.1 Å². The molecule has 4 heteroatoms. The summed E-state index contributed by atoms with van der Waals surface area (Å²) >= 11 is 0. The van der Waals surface area contributed by atoms with E-state index in [1.807, 2.05) is 42.5 Å². The molecule has 1 aromatic rings. The Balaban J connectivity index is 2.04. The van der Waals surface area contributed by atoms with Crippen LogP contribution < -0.4 is 5.32 Å². The molecular weight excluding hydrogens is 266 g/mol. The van der Waals surface area contributed by atoms with Crippen LogP contribution in [0.1, 0.15) is 37.7 Å². The van der Waals surface area contributed by atoms with Crippen LogP contribution >= 0.6 is 0 Å². The number of esters is 1. The summed E-state index contributed by atoms with van der Waals surface area (Å²) < 4.78 is 4.56. The van der Waals surface area contributed by atoms with E-state index in [9.17, 15) is 9.59 Å². The van der Waals surface area contributed by atoms with Crippen molar-refractivity contribution in [3.8, 4) is 0 Å². The van der Waals surface area contributed by atoms with Gasteiger partial charge in [0.1, 0.15) is 0 Å². The first-order chi connectivity index (χ1) is 10.2. The van der Waals surface area contributed by atoms with Crippen LogP contribution in [0.5, 0.6) is 0 Å². The maximum Gasteiger partial charge on any atom is 0.305 e. The average Bonchev–Trinajstić information content (AvgIpc) is 2.51. The summed E-state index contributed by atoms with van der Waals surface area (Å²) in [5.41, 5.74) is 1.09. The van der Waals surface area contributed by atoms with E-state index in [-0.39, 0.29) is 11.9 Å². The molecule has 0 fully saturated rings. The SMILES string of the molecule is COC(=O)CCCCCNC(=O)C/C=C/c1ccccc1. The summed E-state index contributed by atoms with van der Waals surface area (Å²) in [6.07, 6.45) is 7.23. The standard InChI is InChI=1S/C17H23NO3/c1-21-17(20)13-6-3-7-14-18-16(19)12-8-11-15-9-4-2-5-10-15/h2,4-5,8-11H,3,6-7,12-14H2,1H3,(H,18,19)/b11-8+. The van der Waals surface area contributed by atoms with Gasteiger partial charge in [-0.3, -0.25) is 9.59 Å². The summed E-state index contributed by atoms with van der Waals surface area (Å²) in [7, 11) is 1.39. The van der Waals surface area contributed by atoms with Gasteiger partial charge in [-0.2, -0.15) is 0 Å². The lowest BCUT2D eigenvalue weighted by Gasteiger charge is -2.03. The quantitative estimate of drug-likeness (QED) is 0.562. The summed E-state index contributed by atoms with van der Waals surface area (Å²) in [6, 6.07) is 9.89. The van der Waals surface area contributed by atoms with Crippen molar-refractivity contribution in [1.29, 1.82) is 0 Å². The lowest BCUT2D eigenvalue weighted by atomic mass is 10.2. The first-order valence-electron chi connectivity index (χ1n) is 7.27. The van der Waals surface area contributed by atoms with Gasteiger partial charge >= 0.3 is 5.97 Å². The number of benzene rings is 1. The minimum absolute atomic E-state index is 0.0233. The maximum absolute atomic E-state index is 11.6. The van der Waals surface area contributed by atoms with Crippen molar-refractivity contribution in [2.24, 2.45) is 0 Å². The van der Waals surface area contributed by atoms with Gasteiger partial charge in [-0.25, -0.2) is 0 Å². The highest BCUT2D eigenvalue weighted by atomic mass is 16.5. The van der Waals surface area contributed by atoms with Crippen LogP contribution in [-0.2, 0) is 14.3 Å². The molecule has 0 spiro atoms. The van der Waals surface area contributed by atoms with Crippen LogP contribution in [-0.4, -0.2) is 25.5 Å². The Bertz CT molecular complexity index is 454. The molecule has 0 aromatic heterocycles. The van der Waals surface area contributed by atoms with Crippen LogP contribution in [0.4, 0.5) is 0 Å². The van der Waals surface area contributed by atoms with E-state index in [1.54, 1.807) is 0 Å².